The van der Waals surface area contributed by atoms with Crippen LogP contribution < -0.4 is 0 Å². The van der Waals surface area contributed by atoms with E-state index in [2.05, 4.69) is 13.8 Å². The molecule has 0 aromatic carbocycles. The van der Waals surface area contributed by atoms with Crippen LogP contribution in [0.15, 0.2) is 0 Å². The summed E-state index contributed by atoms with van der Waals surface area (Å²) in [6.07, 6.45) is 11.2. The van der Waals surface area contributed by atoms with Crippen LogP contribution in [0.1, 0.15) is 71.6 Å². The molecule has 2 fully saturated rings. The minimum atomic E-state index is -0.0500. The average Bonchev–Trinajstić information content (AvgIpc) is 2.73. The third-order valence-corrected chi connectivity index (χ3v) is 6.08. The zero-order valence-electron chi connectivity index (χ0n) is 14.9. The Kier molecular flexibility index (Phi) is 21.9. The Morgan fingerprint density at radius 2 is 1.78 bits per heavy atom. The van der Waals surface area contributed by atoms with E-state index in [-0.39, 0.29) is 137 Å². The summed E-state index contributed by atoms with van der Waals surface area (Å²) in [6, 6.07) is 0. The monoisotopic (exact) mass is 622 g/mol. The molecule has 0 bridgehead atoms. The minimum absolute atomic E-state index is 0. The molecule has 1 N–H and O–H groups in total. The Bertz CT molecular complexity index is 317. The molecule has 0 aromatic heterocycles. The molecule has 0 saturated heterocycles. The van der Waals surface area contributed by atoms with Gasteiger partial charge in [-0.2, -0.15) is 0 Å². The van der Waals surface area contributed by atoms with Crippen LogP contribution in [0.2, 0.25) is 0 Å². The molecule has 5 atom stereocenters. The van der Waals surface area contributed by atoms with E-state index < -0.39 is 0 Å². The molecule has 1 unspecified atom stereocenters. The number of hydrogen-bond donors (Lipinski definition) is 1. The van der Waals surface area contributed by atoms with Crippen molar-refractivity contribution in [2.75, 3.05) is 0 Å². The van der Waals surface area contributed by atoms with E-state index in [9.17, 15) is 9.90 Å². The maximum absolute atomic E-state index is 10.4. The molecular formula is C17H30O2Y4. The summed E-state index contributed by atoms with van der Waals surface area (Å²) in [6.45, 7) is 4.82. The van der Waals surface area contributed by atoms with Crippen molar-refractivity contribution in [3.63, 3.8) is 0 Å². The van der Waals surface area contributed by atoms with Crippen LogP contribution in [0.25, 0.3) is 0 Å². The van der Waals surface area contributed by atoms with E-state index >= 15 is 0 Å². The predicted octanol–water partition coefficient (Wildman–Crippen LogP) is 3.95. The summed E-state index contributed by atoms with van der Waals surface area (Å²) in [5.41, 5.74) is 0.377. The number of rotatable bonds is 6. The van der Waals surface area contributed by atoms with Crippen LogP contribution in [0.5, 0.6) is 0 Å². The van der Waals surface area contributed by atoms with Gasteiger partial charge >= 0.3 is 0 Å². The smallest absolute Gasteiger partial charge is 0.119 e. The molecule has 0 amide bonds. The molecule has 0 heterocycles. The molecular weight excluding hydrogens is 592 g/mol. The predicted molar refractivity (Wildman–Crippen MR) is 77.9 cm³/mol. The number of aliphatic hydroxyl groups excluding tert-OH is 1. The molecule has 2 aliphatic rings. The fourth-order valence-electron chi connectivity index (χ4n) is 5.02. The van der Waals surface area contributed by atoms with Crippen molar-refractivity contribution in [1.82, 2.24) is 0 Å². The number of aliphatic hydroxyl groups is 1. The summed E-state index contributed by atoms with van der Waals surface area (Å²) >= 11 is 0. The molecule has 2 aliphatic carbocycles. The maximum Gasteiger partial charge on any atom is 0.119 e. The summed E-state index contributed by atoms with van der Waals surface area (Å²) in [4.78, 5) is 10.4. The normalized spacial score (nSPS) is 32.9. The topological polar surface area (TPSA) is 37.3 Å². The van der Waals surface area contributed by atoms with E-state index in [0.717, 1.165) is 37.4 Å². The van der Waals surface area contributed by atoms with Gasteiger partial charge in [-0.05, 0) is 55.3 Å². The molecule has 122 valence electrons. The fourth-order valence-corrected chi connectivity index (χ4v) is 5.02. The van der Waals surface area contributed by atoms with Gasteiger partial charge in [0, 0.05) is 137 Å². The van der Waals surface area contributed by atoms with Crippen molar-refractivity contribution in [3.05, 3.63) is 0 Å². The molecule has 2 saturated carbocycles. The zero-order chi connectivity index (χ0) is 13.9. The second-order valence-electron chi connectivity index (χ2n) is 7.18. The van der Waals surface area contributed by atoms with Crippen molar-refractivity contribution in [3.8, 4) is 0 Å². The van der Waals surface area contributed by atoms with Gasteiger partial charge in [-0.3, -0.25) is 0 Å². The SMILES string of the molecule is C[C@H](CCCCC=O)C1CC[C@H]2[C@@H](O)CCC[C@]12C.[Y].[Y].[Y].[Y]. The number of aldehydes is 1. The third-order valence-electron chi connectivity index (χ3n) is 6.08. The summed E-state index contributed by atoms with van der Waals surface area (Å²) < 4.78 is 0. The number of hydrogen-bond acceptors (Lipinski definition) is 2. The number of carbonyl (C=O) groups excluding carboxylic acids is 1. The zero-order valence-corrected chi connectivity index (χ0v) is 26.3. The van der Waals surface area contributed by atoms with Crippen LogP contribution in [0.3, 0.4) is 0 Å². The van der Waals surface area contributed by atoms with Gasteiger partial charge in [-0.25, -0.2) is 0 Å². The van der Waals surface area contributed by atoms with Crippen LogP contribution in [-0.4, -0.2) is 17.5 Å². The third kappa shape index (κ3) is 8.52. The Balaban J connectivity index is -0.000001000. The molecule has 2 nitrogen and oxygen atoms in total. The summed E-state index contributed by atoms with van der Waals surface area (Å²) in [5, 5.41) is 10.3. The molecule has 0 aromatic rings. The average molecular weight is 622 g/mol. The van der Waals surface area contributed by atoms with Gasteiger partial charge in [0.15, 0.2) is 0 Å². The standard InChI is InChI=1S/C17H30O2.4Y/c1-13(7-4-3-5-12-18)14-9-10-15-16(19)8-6-11-17(14,15)2;;;;/h12-16,19H,3-11H2,1-2H3;;;;/t13-,14?,15+,16+,17-;;;;/m1..../s1. The maximum atomic E-state index is 10.4. The second kappa shape index (κ2) is 15.9. The Hall–Kier alpha value is 4.05. The van der Waals surface area contributed by atoms with Gasteiger partial charge in [0.2, 0.25) is 0 Å². The Morgan fingerprint density at radius 3 is 2.39 bits per heavy atom. The van der Waals surface area contributed by atoms with Gasteiger partial charge in [-0.15, -0.1) is 0 Å². The first-order valence-corrected chi connectivity index (χ1v) is 8.21. The molecule has 0 aliphatic heterocycles. The molecule has 2 rings (SSSR count). The van der Waals surface area contributed by atoms with E-state index in [1.165, 1.54) is 38.5 Å². The van der Waals surface area contributed by atoms with Crippen LogP contribution in [-0.2, 0) is 136 Å². The Labute approximate surface area is 243 Å². The first kappa shape index (κ1) is 31.7. The van der Waals surface area contributed by atoms with Gasteiger partial charge in [0.1, 0.15) is 6.29 Å². The van der Waals surface area contributed by atoms with Crippen molar-refractivity contribution >= 4 is 6.29 Å². The van der Waals surface area contributed by atoms with Crippen molar-refractivity contribution < 1.29 is 141 Å². The first-order valence-electron chi connectivity index (χ1n) is 8.21. The van der Waals surface area contributed by atoms with E-state index in [1.807, 2.05) is 0 Å². The van der Waals surface area contributed by atoms with Crippen LogP contribution >= 0.6 is 0 Å². The first-order chi connectivity index (χ1) is 9.09. The Morgan fingerprint density at radius 1 is 1.13 bits per heavy atom. The number of carbonyl (C=O) groups is 1. The quantitative estimate of drug-likeness (QED) is 0.361. The number of fused-ring (bicyclic) bond motifs is 1. The van der Waals surface area contributed by atoms with Crippen molar-refractivity contribution in [2.45, 2.75) is 77.7 Å². The number of unbranched alkanes of at least 4 members (excludes halogenated alkanes) is 2. The fraction of sp³-hybridized carbons (Fsp3) is 0.941. The van der Waals surface area contributed by atoms with Gasteiger partial charge < -0.3 is 9.90 Å². The minimum Gasteiger partial charge on any atom is -0.393 e. The summed E-state index contributed by atoms with van der Waals surface area (Å²) in [7, 11) is 0. The van der Waals surface area contributed by atoms with Crippen molar-refractivity contribution in [2.24, 2.45) is 23.2 Å². The molecule has 4 radical (unpaired) electrons. The van der Waals surface area contributed by atoms with Crippen LogP contribution in [0, 0.1) is 23.2 Å². The molecule has 23 heavy (non-hydrogen) atoms. The van der Waals surface area contributed by atoms with Crippen molar-refractivity contribution in [1.29, 1.82) is 0 Å². The van der Waals surface area contributed by atoms with Gasteiger partial charge in [0.05, 0.1) is 6.10 Å². The van der Waals surface area contributed by atoms with Gasteiger partial charge in [-0.1, -0.05) is 33.1 Å². The second-order valence-corrected chi connectivity index (χ2v) is 7.18. The molecule has 0 spiro atoms. The largest absolute Gasteiger partial charge is 0.393 e. The van der Waals surface area contributed by atoms with E-state index in [1.54, 1.807) is 0 Å². The summed E-state index contributed by atoms with van der Waals surface area (Å²) in [5.74, 6) is 2.07. The van der Waals surface area contributed by atoms with Crippen LogP contribution in [0.4, 0.5) is 0 Å². The van der Waals surface area contributed by atoms with Gasteiger partial charge in [0.25, 0.3) is 0 Å². The van der Waals surface area contributed by atoms with E-state index in [4.69, 9.17) is 0 Å². The molecule has 6 heteroatoms. The van der Waals surface area contributed by atoms with E-state index in [0.29, 0.717) is 11.3 Å².